The highest BCUT2D eigenvalue weighted by Gasteiger charge is 2.24. The van der Waals surface area contributed by atoms with Crippen molar-refractivity contribution < 1.29 is 19.1 Å². The molecule has 0 N–H and O–H groups in total. The summed E-state index contributed by atoms with van der Waals surface area (Å²) in [7, 11) is 0. The lowest BCUT2D eigenvalue weighted by Gasteiger charge is -2.27. The summed E-state index contributed by atoms with van der Waals surface area (Å²) in [6.07, 6.45) is 17.4. The van der Waals surface area contributed by atoms with E-state index in [4.69, 9.17) is 14.7 Å². The van der Waals surface area contributed by atoms with E-state index in [1.807, 2.05) is 0 Å². The zero-order valence-corrected chi connectivity index (χ0v) is 19.6. The molecule has 176 valence electrons. The lowest BCUT2D eigenvalue weighted by atomic mass is 9.84. The fourth-order valence-corrected chi connectivity index (χ4v) is 3.73. The van der Waals surface area contributed by atoms with E-state index in [0.29, 0.717) is 19.6 Å². The smallest absolute Gasteiger partial charge is 0.330 e. The van der Waals surface area contributed by atoms with E-state index in [-0.39, 0.29) is 11.8 Å². The fourth-order valence-electron chi connectivity index (χ4n) is 3.73. The van der Waals surface area contributed by atoms with Gasteiger partial charge in [-0.15, -0.1) is 0 Å². The van der Waals surface area contributed by atoms with Gasteiger partial charge in [0.15, 0.2) is 0 Å². The molecular weight excluding hydrogens is 390 g/mol. The van der Waals surface area contributed by atoms with Crippen molar-refractivity contribution in [1.82, 2.24) is 0 Å². The quantitative estimate of drug-likeness (QED) is 0.115. The summed E-state index contributed by atoms with van der Waals surface area (Å²) >= 11 is 0. The van der Waals surface area contributed by atoms with Gasteiger partial charge < -0.3 is 9.47 Å². The number of hydrogen-bond acceptors (Lipinski definition) is 5. The summed E-state index contributed by atoms with van der Waals surface area (Å²) in [6.45, 7) is 9.81. The molecule has 0 aliphatic carbocycles. The van der Waals surface area contributed by atoms with Crippen LogP contribution < -0.4 is 0 Å². The first-order valence-corrected chi connectivity index (χ1v) is 12.0. The first kappa shape index (κ1) is 28.9. The van der Waals surface area contributed by atoms with E-state index in [0.717, 1.165) is 51.4 Å². The molecule has 0 aliphatic rings. The van der Waals surface area contributed by atoms with Crippen molar-refractivity contribution in [3.63, 3.8) is 0 Å². The van der Waals surface area contributed by atoms with Crippen molar-refractivity contribution in [1.29, 1.82) is 5.26 Å². The van der Waals surface area contributed by atoms with Crippen molar-refractivity contribution in [2.24, 2.45) is 11.8 Å². The molecule has 0 aromatic carbocycles. The van der Waals surface area contributed by atoms with Crippen LogP contribution in [0.25, 0.3) is 0 Å². The maximum Gasteiger partial charge on any atom is 0.330 e. The van der Waals surface area contributed by atoms with Crippen molar-refractivity contribution in [2.45, 2.75) is 96.8 Å². The van der Waals surface area contributed by atoms with Crippen molar-refractivity contribution >= 4 is 11.9 Å². The van der Waals surface area contributed by atoms with Gasteiger partial charge in [0.1, 0.15) is 0 Å². The van der Waals surface area contributed by atoms with Gasteiger partial charge in [0.25, 0.3) is 0 Å². The first-order valence-electron chi connectivity index (χ1n) is 12.0. The standard InChI is InChI=1S/C26H43NO4/c1-4-7-8-9-12-15-18-23(21-30-25(28)5-2)24(22-31-26(29)6-3)19-16-13-10-11-14-17-20-27/h5-6,23-24H,2-4,7-19,21-22H2,1H3. The second-order valence-electron chi connectivity index (χ2n) is 8.21. The van der Waals surface area contributed by atoms with Crippen LogP contribution in [0.5, 0.6) is 0 Å². The molecule has 0 amide bonds. The molecule has 0 aromatic rings. The molecule has 0 heterocycles. The molecule has 31 heavy (non-hydrogen) atoms. The average Bonchev–Trinajstić information content (AvgIpc) is 2.79. The van der Waals surface area contributed by atoms with E-state index < -0.39 is 11.9 Å². The second-order valence-corrected chi connectivity index (χ2v) is 8.21. The predicted octanol–water partition coefficient (Wildman–Crippen LogP) is 6.68. The minimum atomic E-state index is -0.414. The number of hydrogen-bond donors (Lipinski definition) is 0. The Labute approximate surface area is 189 Å². The van der Waals surface area contributed by atoms with Crippen molar-refractivity contribution in [2.75, 3.05) is 13.2 Å². The Hall–Kier alpha value is -2.09. The molecular formula is C26H43NO4. The molecule has 5 nitrogen and oxygen atoms in total. The van der Waals surface area contributed by atoms with Crippen LogP contribution >= 0.6 is 0 Å². The van der Waals surface area contributed by atoms with Crippen LogP contribution in [0.15, 0.2) is 25.3 Å². The number of nitriles is 1. The SMILES string of the molecule is C=CC(=O)OCC(CCCCCCCC)C(CCCCCCCC#N)COC(=O)C=C. The Bertz CT molecular complexity index is 538. The van der Waals surface area contributed by atoms with E-state index in [1.54, 1.807) is 0 Å². The lowest BCUT2D eigenvalue weighted by Crippen LogP contribution is -2.27. The molecule has 0 fully saturated rings. The van der Waals surface area contributed by atoms with Gasteiger partial charge in [-0.2, -0.15) is 5.26 Å². The predicted molar refractivity (Wildman–Crippen MR) is 125 cm³/mol. The van der Waals surface area contributed by atoms with Gasteiger partial charge in [0.2, 0.25) is 0 Å². The Morgan fingerprint density at radius 3 is 1.61 bits per heavy atom. The molecule has 0 rings (SSSR count). The monoisotopic (exact) mass is 433 g/mol. The van der Waals surface area contributed by atoms with Crippen LogP contribution in [0.2, 0.25) is 0 Å². The molecule has 5 heteroatoms. The third-order valence-corrected chi connectivity index (χ3v) is 5.67. The van der Waals surface area contributed by atoms with Crippen LogP contribution in [-0.4, -0.2) is 25.2 Å². The van der Waals surface area contributed by atoms with E-state index in [2.05, 4.69) is 26.2 Å². The Balaban J connectivity index is 4.78. The van der Waals surface area contributed by atoms with Gasteiger partial charge >= 0.3 is 11.9 Å². The maximum atomic E-state index is 11.6. The summed E-state index contributed by atoms with van der Waals surface area (Å²) in [5, 5.41) is 8.63. The van der Waals surface area contributed by atoms with Crippen molar-refractivity contribution in [3.05, 3.63) is 25.3 Å². The zero-order chi connectivity index (χ0) is 23.2. The Kier molecular flexibility index (Phi) is 19.7. The molecule has 2 unspecified atom stereocenters. The lowest BCUT2D eigenvalue weighted by molar-refractivity contribution is -0.144. The minimum Gasteiger partial charge on any atom is -0.462 e. The van der Waals surface area contributed by atoms with E-state index in [9.17, 15) is 9.59 Å². The molecule has 0 radical (unpaired) electrons. The van der Waals surface area contributed by atoms with Gasteiger partial charge in [-0.25, -0.2) is 9.59 Å². The Morgan fingerprint density at radius 1 is 0.774 bits per heavy atom. The number of nitrogens with zero attached hydrogens (tertiary/aromatic N) is 1. The van der Waals surface area contributed by atoms with Gasteiger partial charge in [-0.05, 0) is 31.1 Å². The van der Waals surface area contributed by atoms with Gasteiger partial charge in [-0.3, -0.25) is 0 Å². The Morgan fingerprint density at radius 2 is 1.19 bits per heavy atom. The number of rotatable bonds is 21. The number of ether oxygens (including phenoxy) is 2. The normalized spacial score (nSPS) is 12.4. The van der Waals surface area contributed by atoms with Crippen LogP contribution in [0, 0.1) is 23.2 Å². The highest BCUT2D eigenvalue weighted by Crippen LogP contribution is 2.26. The molecule has 0 aromatic heterocycles. The van der Waals surface area contributed by atoms with Crippen LogP contribution in [0.3, 0.4) is 0 Å². The summed E-state index contributed by atoms with van der Waals surface area (Å²) in [6, 6.07) is 2.18. The third kappa shape index (κ3) is 17.3. The summed E-state index contributed by atoms with van der Waals surface area (Å²) in [4.78, 5) is 23.2. The summed E-state index contributed by atoms with van der Waals surface area (Å²) in [5.74, 6) is -0.516. The number of unbranched alkanes of at least 4 members (excludes halogenated alkanes) is 10. The van der Waals surface area contributed by atoms with Crippen LogP contribution in [0.1, 0.15) is 96.8 Å². The summed E-state index contributed by atoms with van der Waals surface area (Å²) in [5.41, 5.74) is 0. The van der Waals surface area contributed by atoms with Gasteiger partial charge in [-0.1, -0.05) is 84.3 Å². The third-order valence-electron chi connectivity index (χ3n) is 5.67. The van der Waals surface area contributed by atoms with Crippen molar-refractivity contribution in [3.8, 4) is 6.07 Å². The summed E-state index contributed by atoms with van der Waals surface area (Å²) < 4.78 is 10.8. The minimum absolute atomic E-state index is 0.149. The molecule has 0 saturated heterocycles. The molecule has 0 spiro atoms. The first-order chi connectivity index (χ1) is 15.1. The second kappa shape index (κ2) is 21.2. The number of carbonyl (C=O) groups is 2. The van der Waals surface area contributed by atoms with E-state index in [1.165, 1.54) is 44.3 Å². The van der Waals surface area contributed by atoms with Crippen LogP contribution in [0.4, 0.5) is 0 Å². The molecule has 0 aliphatic heterocycles. The highest BCUT2D eigenvalue weighted by atomic mass is 16.5. The maximum absolute atomic E-state index is 11.6. The average molecular weight is 434 g/mol. The van der Waals surface area contributed by atoms with Crippen LogP contribution in [-0.2, 0) is 19.1 Å². The molecule has 0 saturated carbocycles. The largest absolute Gasteiger partial charge is 0.462 e. The fraction of sp³-hybridized carbons (Fsp3) is 0.731. The zero-order valence-electron chi connectivity index (χ0n) is 19.6. The number of carbonyl (C=O) groups excluding carboxylic acids is 2. The van der Waals surface area contributed by atoms with Gasteiger partial charge in [0.05, 0.1) is 19.3 Å². The highest BCUT2D eigenvalue weighted by molar-refractivity contribution is 5.81. The van der Waals surface area contributed by atoms with E-state index >= 15 is 0 Å². The number of esters is 2. The van der Waals surface area contributed by atoms with Gasteiger partial charge in [0, 0.05) is 18.6 Å². The molecule has 2 atom stereocenters. The topological polar surface area (TPSA) is 76.4 Å². The molecule has 0 bridgehead atoms.